The minimum absolute atomic E-state index is 0.0785. The van der Waals surface area contributed by atoms with Gasteiger partial charge in [-0.3, -0.25) is 0 Å². The molecule has 1 N–H and O–H groups in total. The van der Waals surface area contributed by atoms with Gasteiger partial charge in [0.15, 0.2) is 0 Å². The molecule has 0 saturated carbocycles. The molecule has 0 spiro atoms. The van der Waals surface area contributed by atoms with Crippen LogP contribution in [0, 0.1) is 0 Å². The minimum atomic E-state index is -0.0785. The predicted molar refractivity (Wildman–Crippen MR) is 121 cm³/mol. The zero-order valence-electron chi connectivity index (χ0n) is 18.2. The van der Waals surface area contributed by atoms with Crippen molar-refractivity contribution >= 4 is 22.6 Å². The lowest BCUT2D eigenvalue weighted by molar-refractivity contribution is 0.194. The standard InChI is InChI=1S/C24H28N4O3/c1-16(2)31-19-6-4-18(5-7-19)27-24(29)28-12-10-17(11-13-28)23-21-14-20(30-3)8-9-22(21)25-15-26-23/h4-9,14-17H,10-13H2,1-3H3,(H,27,29). The van der Waals surface area contributed by atoms with Crippen LogP contribution in [0.4, 0.5) is 10.5 Å². The van der Waals surface area contributed by atoms with E-state index in [1.165, 1.54) is 0 Å². The van der Waals surface area contributed by atoms with E-state index < -0.39 is 0 Å². The maximum atomic E-state index is 12.7. The van der Waals surface area contributed by atoms with E-state index in [9.17, 15) is 4.79 Å². The van der Waals surface area contributed by atoms with E-state index in [4.69, 9.17) is 9.47 Å². The molecule has 1 aliphatic rings. The molecule has 2 aromatic carbocycles. The Morgan fingerprint density at radius 3 is 2.45 bits per heavy atom. The van der Waals surface area contributed by atoms with Crippen molar-refractivity contribution in [3.05, 3.63) is 54.5 Å². The number of hydrogen-bond acceptors (Lipinski definition) is 5. The van der Waals surface area contributed by atoms with E-state index in [0.717, 1.165) is 46.6 Å². The highest BCUT2D eigenvalue weighted by Gasteiger charge is 2.26. The summed E-state index contributed by atoms with van der Waals surface area (Å²) in [5.74, 6) is 1.88. The molecule has 0 atom stereocenters. The summed E-state index contributed by atoms with van der Waals surface area (Å²) in [4.78, 5) is 23.5. The number of urea groups is 1. The average molecular weight is 421 g/mol. The fourth-order valence-corrected chi connectivity index (χ4v) is 3.96. The van der Waals surface area contributed by atoms with Gasteiger partial charge in [0.25, 0.3) is 0 Å². The maximum absolute atomic E-state index is 12.7. The molecule has 7 nitrogen and oxygen atoms in total. The largest absolute Gasteiger partial charge is 0.497 e. The maximum Gasteiger partial charge on any atom is 0.321 e. The van der Waals surface area contributed by atoms with Crippen molar-refractivity contribution < 1.29 is 14.3 Å². The molecule has 2 amide bonds. The fourth-order valence-electron chi connectivity index (χ4n) is 3.96. The van der Waals surface area contributed by atoms with Crippen LogP contribution in [-0.4, -0.2) is 47.2 Å². The smallest absolute Gasteiger partial charge is 0.321 e. The highest BCUT2D eigenvalue weighted by Crippen LogP contribution is 2.32. The highest BCUT2D eigenvalue weighted by molar-refractivity contribution is 5.89. The lowest BCUT2D eigenvalue weighted by atomic mass is 9.91. The van der Waals surface area contributed by atoms with Gasteiger partial charge in [0.05, 0.1) is 24.4 Å². The van der Waals surface area contributed by atoms with E-state index in [2.05, 4.69) is 15.3 Å². The van der Waals surface area contributed by atoms with Crippen LogP contribution < -0.4 is 14.8 Å². The summed E-state index contributed by atoms with van der Waals surface area (Å²) >= 11 is 0. The first-order valence-corrected chi connectivity index (χ1v) is 10.6. The Balaban J connectivity index is 1.38. The number of likely N-dealkylation sites (tertiary alicyclic amines) is 1. The Labute approximate surface area is 182 Å². The van der Waals surface area contributed by atoms with Crippen LogP contribution in [0.5, 0.6) is 11.5 Å². The molecule has 31 heavy (non-hydrogen) atoms. The van der Waals surface area contributed by atoms with Crippen LogP contribution in [0.3, 0.4) is 0 Å². The van der Waals surface area contributed by atoms with Crippen molar-refractivity contribution in [1.29, 1.82) is 0 Å². The minimum Gasteiger partial charge on any atom is -0.497 e. The molecule has 1 saturated heterocycles. The number of aromatic nitrogens is 2. The number of carbonyl (C=O) groups excluding carboxylic acids is 1. The van der Waals surface area contributed by atoms with E-state index in [1.54, 1.807) is 13.4 Å². The molecule has 1 aromatic heterocycles. The molecule has 1 aliphatic heterocycles. The Morgan fingerprint density at radius 2 is 1.77 bits per heavy atom. The first kappa shape index (κ1) is 20.9. The van der Waals surface area contributed by atoms with Crippen LogP contribution in [0.2, 0.25) is 0 Å². The molecule has 3 aromatic rings. The molecule has 0 unspecified atom stereocenters. The molecule has 7 heteroatoms. The van der Waals surface area contributed by atoms with Crippen molar-refractivity contribution in [2.24, 2.45) is 0 Å². The molecular weight excluding hydrogens is 392 g/mol. The SMILES string of the molecule is COc1ccc2ncnc(C3CCN(C(=O)Nc4ccc(OC(C)C)cc4)CC3)c2c1. The quantitative estimate of drug-likeness (QED) is 0.639. The highest BCUT2D eigenvalue weighted by atomic mass is 16.5. The van der Waals surface area contributed by atoms with Crippen molar-refractivity contribution in [3.63, 3.8) is 0 Å². The molecule has 0 bridgehead atoms. The zero-order valence-corrected chi connectivity index (χ0v) is 18.2. The summed E-state index contributed by atoms with van der Waals surface area (Å²) in [5.41, 5.74) is 2.71. The number of rotatable bonds is 5. The predicted octanol–water partition coefficient (Wildman–Crippen LogP) is 4.84. The van der Waals surface area contributed by atoms with Gasteiger partial charge >= 0.3 is 6.03 Å². The fraction of sp³-hybridized carbons (Fsp3) is 0.375. The molecule has 2 heterocycles. The topological polar surface area (TPSA) is 76.6 Å². The van der Waals surface area contributed by atoms with Crippen molar-refractivity contribution in [2.75, 3.05) is 25.5 Å². The van der Waals surface area contributed by atoms with Crippen LogP contribution in [0.1, 0.15) is 38.3 Å². The lowest BCUT2D eigenvalue weighted by Crippen LogP contribution is -2.40. The Morgan fingerprint density at radius 1 is 1.06 bits per heavy atom. The lowest BCUT2D eigenvalue weighted by Gasteiger charge is -2.32. The van der Waals surface area contributed by atoms with Gasteiger partial charge in [-0.15, -0.1) is 0 Å². The summed E-state index contributed by atoms with van der Waals surface area (Å²) in [6.45, 7) is 5.33. The van der Waals surface area contributed by atoms with Gasteiger partial charge in [-0.2, -0.15) is 0 Å². The molecule has 0 aliphatic carbocycles. The Hall–Kier alpha value is -3.35. The zero-order chi connectivity index (χ0) is 21.8. The van der Waals surface area contributed by atoms with Gasteiger partial charge in [0.1, 0.15) is 17.8 Å². The second-order valence-electron chi connectivity index (χ2n) is 8.02. The van der Waals surface area contributed by atoms with Crippen molar-refractivity contribution in [2.45, 2.75) is 38.7 Å². The first-order chi connectivity index (χ1) is 15.0. The number of nitrogens with zero attached hydrogens (tertiary/aromatic N) is 3. The Bertz CT molecular complexity index is 1040. The number of piperidine rings is 1. The van der Waals surface area contributed by atoms with Gasteiger partial charge in [0.2, 0.25) is 0 Å². The Kier molecular flexibility index (Phi) is 6.21. The van der Waals surface area contributed by atoms with Gasteiger partial charge in [-0.05, 0) is 69.2 Å². The third-order valence-corrected chi connectivity index (χ3v) is 5.52. The normalized spacial score (nSPS) is 14.6. The summed E-state index contributed by atoms with van der Waals surface area (Å²) in [6.07, 6.45) is 3.46. The van der Waals surface area contributed by atoms with E-state index in [-0.39, 0.29) is 18.1 Å². The number of hydrogen-bond donors (Lipinski definition) is 1. The van der Waals surface area contributed by atoms with E-state index >= 15 is 0 Å². The first-order valence-electron chi connectivity index (χ1n) is 10.6. The monoisotopic (exact) mass is 420 g/mol. The van der Waals surface area contributed by atoms with Crippen LogP contribution in [0.25, 0.3) is 10.9 Å². The van der Waals surface area contributed by atoms with Crippen LogP contribution in [-0.2, 0) is 0 Å². The van der Waals surface area contributed by atoms with Gasteiger partial charge in [-0.25, -0.2) is 14.8 Å². The van der Waals surface area contributed by atoms with Gasteiger partial charge in [-0.1, -0.05) is 0 Å². The number of benzene rings is 2. The molecule has 162 valence electrons. The number of carbonyl (C=O) groups is 1. The number of methoxy groups -OCH3 is 1. The second kappa shape index (κ2) is 9.20. The number of ether oxygens (including phenoxy) is 2. The van der Waals surface area contributed by atoms with E-state index in [0.29, 0.717) is 13.1 Å². The number of nitrogens with one attached hydrogen (secondary N) is 1. The van der Waals surface area contributed by atoms with Crippen LogP contribution in [0.15, 0.2) is 48.8 Å². The third kappa shape index (κ3) is 4.87. The molecule has 1 fully saturated rings. The third-order valence-electron chi connectivity index (χ3n) is 5.52. The second-order valence-corrected chi connectivity index (χ2v) is 8.02. The number of fused-ring (bicyclic) bond motifs is 1. The summed E-state index contributed by atoms with van der Waals surface area (Å²) in [7, 11) is 1.66. The summed E-state index contributed by atoms with van der Waals surface area (Å²) in [6, 6.07) is 13.3. The van der Waals surface area contributed by atoms with E-state index in [1.807, 2.05) is 61.2 Å². The van der Waals surface area contributed by atoms with Gasteiger partial charge < -0.3 is 19.7 Å². The molecular formula is C24H28N4O3. The van der Waals surface area contributed by atoms with Crippen molar-refractivity contribution in [1.82, 2.24) is 14.9 Å². The molecule has 0 radical (unpaired) electrons. The van der Waals surface area contributed by atoms with Crippen LogP contribution >= 0.6 is 0 Å². The number of amides is 2. The van der Waals surface area contributed by atoms with Gasteiger partial charge in [0, 0.05) is 30.1 Å². The summed E-state index contributed by atoms with van der Waals surface area (Å²) < 4.78 is 11.0. The summed E-state index contributed by atoms with van der Waals surface area (Å²) in [5, 5.41) is 4.00. The number of anilines is 1. The van der Waals surface area contributed by atoms with Crippen molar-refractivity contribution in [3.8, 4) is 11.5 Å². The molecule has 4 rings (SSSR count). The average Bonchev–Trinajstić information content (AvgIpc) is 2.79.